The number of methoxy groups -OCH3 is 1. The van der Waals surface area contributed by atoms with Crippen molar-refractivity contribution < 1.29 is 33.3 Å². The molecule has 0 spiro atoms. The molecule has 0 saturated heterocycles. The molecule has 182 valence electrons. The molecule has 33 heavy (non-hydrogen) atoms. The van der Waals surface area contributed by atoms with Gasteiger partial charge in [-0.05, 0) is 56.7 Å². The minimum Gasteiger partial charge on any atom is -0.497 e. The van der Waals surface area contributed by atoms with E-state index in [-0.39, 0.29) is 24.7 Å². The lowest BCUT2D eigenvalue weighted by Crippen LogP contribution is -2.35. The van der Waals surface area contributed by atoms with Crippen LogP contribution in [0.3, 0.4) is 0 Å². The average molecular weight is 462 g/mol. The number of rotatable bonds is 12. The molecule has 0 radical (unpaired) electrons. The minimum absolute atomic E-state index is 0.0278. The fraction of sp³-hybridized carbons (Fsp3) is 0.600. The third-order valence-corrected chi connectivity index (χ3v) is 5.63. The normalized spacial score (nSPS) is 19.5. The van der Waals surface area contributed by atoms with Gasteiger partial charge in [-0.2, -0.15) is 0 Å². The highest BCUT2D eigenvalue weighted by Crippen LogP contribution is 2.28. The lowest BCUT2D eigenvalue weighted by molar-refractivity contribution is -0.158. The van der Waals surface area contributed by atoms with E-state index in [4.69, 9.17) is 23.4 Å². The van der Waals surface area contributed by atoms with Gasteiger partial charge in [0.1, 0.15) is 17.2 Å². The number of carbonyl (C=O) groups is 1. The summed E-state index contributed by atoms with van der Waals surface area (Å²) in [5, 5.41) is 9.36. The molecule has 1 saturated carbocycles. The number of hydrogen-bond acceptors (Lipinski definition) is 7. The van der Waals surface area contributed by atoms with Crippen molar-refractivity contribution in [3.05, 3.63) is 35.7 Å². The van der Waals surface area contributed by atoms with Crippen LogP contribution in [0.15, 0.2) is 28.7 Å². The lowest BCUT2D eigenvalue weighted by atomic mass is 9.95. The number of aromatic nitrogens is 1. The standard InChI is InChI=1S/C25H35NO7/c1-16(2)13-32-23(25(27)28)15-31-21-10-6-9-20(12-21)30-14-22-17(3)33-24(26-22)18-7-5-8-19(11-18)29-4/h5,7-8,11,16,20-21,23H,6,9-10,12-15H2,1-4H3,(H,27,28). The Bertz CT molecular complexity index is 895. The molecule has 1 N–H and O–H groups in total. The van der Waals surface area contributed by atoms with E-state index >= 15 is 0 Å². The summed E-state index contributed by atoms with van der Waals surface area (Å²) in [6, 6.07) is 7.58. The fourth-order valence-electron chi connectivity index (χ4n) is 3.77. The number of nitrogens with zero attached hydrogens (tertiary/aromatic N) is 1. The van der Waals surface area contributed by atoms with Crippen LogP contribution in [0.1, 0.15) is 51.0 Å². The first-order valence-corrected chi connectivity index (χ1v) is 11.5. The van der Waals surface area contributed by atoms with Gasteiger partial charge < -0.3 is 28.5 Å². The van der Waals surface area contributed by atoms with Crippen LogP contribution in [0.2, 0.25) is 0 Å². The molecule has 1 heterocycles. The van der Waals surface area contributed by atoms with E-state index < -0.39 is 12.1 Å². The van der Waals surface area contributed by atoms with Gasteiger partial charge >= 0.3 is 5.97 Å². The van der Waals surface area contributed by atoms with Crippen LogP contribution in [0.5, 0.6) is 5.75 Å². The van der Waals surface area contributed by atoms with Crippen LogP contribution in [-0.4, -0.2) is 54.7 Å². The Hall–Kier alpha value is -2.42. The van der Waals surface area contributed by atoms with Gasteiger partial charge in [-0.25, -0.2) is 9.78 Å². The first-order valence-electron chi connectivity index (χ1n) is 11.5. The second kappa shape index (κ2) is 12.2. The molecule has 3 unspecified atom stereocenters. The summed E-state index contributed by atoms with van der Waals surface area (Å²) in [7, 11) is 1.63. The maximum atomic E-state index is 11.4. The maximum Gasteiger partial charge on any atom is 0.335 e. The molecule has 1 aliphatic carbocycles. The zero-order valence-corrected chi connectivity index (χ0v) is 19.9. The minimum atomic E-state index is -0.993. The third kappa shape index (κ3) is 7.55. The van der Waals surface area contributed by atoms with Gasteiger partial charge in [-0.3, -0.25) is 0 Å². The number of carboxylic acid groups (broad SMARTS) is 1. The number of ether oxygens (including phenoxy) is 4. The van der Waals surface area contributed by atoms with Crippen molar-refractivity contribution in [2.75, 3.05) is 20.3 Å². The molecule has 0 aliphatic heterocycles. The Morgan fingerprint density at radius 1 is 1.21 bits per heavy atom. The van der Waals surface area contributed by atoms with Crippen LogP contribution < -0.4 is 4.74 Å². The van der Waals surface area contributed by atoms with Crippen LogP contribution in [0.4, 0.5) is 0 Å². The van der Waals surface area contributed by atoms with Gasteiger partial charge in [-0.1, -0.05) is 19.9 Å². The van der Waals surface area contributed by atoms with Gasteiger partial charge in [0.25, 0.3) is 0 Å². The average Bonchev–Trinajstić information content (AvgIpc) is 3.18. The van der Waals surface area contributed by atoms with Gasteiger partial charge in [0.15, 0.2) is 6.10 Å². The van der Waals surface area contributed by atoms with Gasteiger partial charge in [0, 0.05) is 5.56 Å². The van der Waals surface area contributed by atoms with E-state index in [1.807, 2.05) is 45.0 Å². The second-order valence-electron chi connectivity index (χ2n) is 8.86. The van der Waals surface area contributed by atoms with E-state index in [0.29, 0.717) is 19.1 Å². The third-order valence-electron chi connectivity index (χ3n) is 5.63. The molecule has 8 heteroatoms. The Morgan fingerprint density at radius 2 is 1.97 bits per heavy atom. The quantitative estimate of drug-likeness (QED) is 0.488. The Labute approximate surface area is 195 Å². The van der Waals surface area contributed by atoms with Crippen LogP contribution >= 0.6 is 0 Å². The summed E-state index contributed by atoms with van der Waals surface area (Å²) < 4.78 is 28.6. The molecule has 2 aromatic rings. The highest BCUT2D eigenvalue weighted by Gasteiger charge is 2.27. The van der Waals surface area contributed by atoms with E-state index in [9.17, 15) is 9.90 Å². The summed E-state index contributed by atoms with van der Waals surface area (Å²) in [6.45, 7) is 6.65. The first-order chi connectivity index (χ1) is 15.9. The second-order valence-corrected chi connectivity index (χ2v) is 8.86. The lowest BCUT2D eigenvalue weighted by Gasteiger charge is -2.30. The van der Waals surface area contributed by atoms with E-state index in [1.54, 1.807) is 7.11 Å². The smallest absolute Gasteiger partial charge is 0.335 e. The van der Waals surface area contributed by atoms with Gasteiger partial charge in [-0.15, -0.1) is 0 Å². The molecular formula is C25H35NO7. The van der Waals surface area contributed by atoms with E-state index in [2.05, 4.69) is 4.98 Å². The number of aryl methyl sites for hydroxylation is 1. The van der Waals surface area contributed by atoms with Gasteiger partial charge in [0.05, 0.1) is 39.1 Å². The van der Waals surface area contributed by atoms with Crippen LogP contribution in [-0.2, 0) is 25.6 Å². The highest BCUT2D eigenvalue weighted by molar-refractivity contribution is 5.72. The number of aliphatic carboxylic acids is 1. The van der Waals surface area contributed by atoms with Crippen molar-refractivity contribution in [3.63, 3.8) is 0 Å². The molecule has 0 amide bonds. The first kappa shape index (κ1) is 25.2. The highest BCUT2D eigenvalue weighted by atomic mass is 16.6. The number of oxazole rings is 1. The molecule has 1 aromatic heterocycles. The maximum absolute atomic E-state index is 11.4. The fourth-order valence-corrected chi connectivity index (χ4v) is 3.77. The summed E-state index contributed by atoms with van der Waals surface area (Å²) >= 11 is 0. The van der Waals surface area contributed by atoms with Crippen molar-refractivity contribution >= 4 is 5.97 Å². The van der Waals surface area contributed by atoms with Crippen molar-refractivity contribution in [2.45, 2.75) is 71.4 Å². The number of carboxylic acids is 1. The molecular weight excluding hydrogens is 426 g/mol. The Balaban J connectivity index is 1.50. The van der Waals surface area contributed by atoms with Crippen LogP contribution in [0, 0.1) is 12.8 Å². The van der Waals surface area contributed by atoms with Crippen molar-refractivity contribution in [3.8, 4) is 17.2 Å². The molecule has 0 bridgehead atoms. The Morgan fingerprint density at radius 3 is 2.67 bits per heavy atom. The Kier molecular flexibility index (Phi) is 9.29. The summed E-state index contributed by atoms with van der Waals surface area (Å²) in [5.74, 6) is 1.28. The number of hydrogen-bond donors (Lipinski definition) is 1. The molecule has 1 aromatic carbocycles. The SMILES string of the molecule is COc1cccc(-c2nc(COC3CCCC(OCC(OCC(C)C)C(=O)O)C3)c(C)o2)c1. The zero-order valence-electron chi connectivity index (χ0n) is 19.9. The summed E-state index contributed by atoms with van der Waals surface area (Å²) in [6.07, 6.45) is 2.55. The number of benzene rings is 1. The van der Waals surface area contributed by atoms with Crippen LogP contribution in [0.25, 0.3) is 11.5 Å². The van der Waals surface area contributed by atoms with Crippen molar-refractivity contribution in [2.24, 2.45) is 5.92 Å². The molecule has 3 rings (SSSR count). The summed E-state index contributed by atoms with van der Waals surface area (Å²) in [4.78, 5) is 16.0. The predicted octanol–water partition coefficient (Wildman–Crippen LogP) is 4.63. The molecule has 8 nitrogen and oxygen atoms in total. The van der Waals surface area contributed by atoms with Crippen molar-refractivity contribution in [1.29, 1.82) is 0 Å². The topological polar surface area (TPSA) is 100 Å². The largest absolute Gasteiger partial charge is 0.497 e. The monoisotopic (exact) mass is 461 g/mol. The molecule has 3 atom stereocenters. The molecule has 1 fully saturated rings. The van der Waals surface area contributed by atoms with Gasteiger partial charge in [0.2, 0.25) is 5.89 Å². The predicted molar refractivity (Wildman–Crippen MR) is 122 cm³/mol. The molecule has 1 aliphatic rings. The van der Waals surface area contributed by atoms with Crippen molar-refractivity contribution in [1.82, 2.24) is 4.98 Å². The van der Waals surface area contributed by atoms with E-state index in [1.165, 1.54) is 0 Å². The van der Waals surface area contributed by atoms with E-state index in [0.717, 1.165) is 48.5 Å². The summed E-state index contributed by atoms with van der Waals surface area (Å²) in [5.41, 5.74) is 1.62. The zero-order chi connectivity index (χ0) is 23.8.